The van der Waals surface area contributed by atoms with Crippen molar-refractivity contribution in [3.8, 4) is 11.1 Å². The van der Waals surface area contributed by atoms with Crippen LogP contribution in [0.5, 0.6) is 0 Å². The number of alkyl halides is 3. The molecule has 0 saturated carbocycles. The van der Waals surface area contributed by atoms with Crippen LogP contribution in [0.25, 0.3) is 11.1 Å². The second-order valence-electron chi connectivity index (χ2n) is 6.21. The minimum atomic E-state index is -4.33. The Hall–Kier alpha value is -2.05. The van der Waals surface area contributed by atoms with Gasteiger partial charge in [-0.25, -0.2) is 0 Å². The number of benzene rings is 2. The Morgan fingerprint density at radius 3 is 2.04 bits per heavy atom. The number of halogens is 4. The van der Waals surface area contributed by atoms with Crippen LogP contribution in [-0.2, 0) is 17.4 Å². The lowest BCUT2D eigenvalue weighted by Crippen LogP contribution is -2.41. The Kier molecular flexibility index (Phi) is 8.79. The van der Waals surface area contributed by atoms with Gasteiger partial charge in [-0.15, -0.1) is 12.4 Å². The Labute approximate surface area is 163 Å². The fourth-order valence-corrected chi connectivity index (χ4v) is 2.62. The molecule has 2 aromatic rings. The molecule has 3 nitrogen and oxygen atoms in total. The maximum atomic E-state index is 12.6. The summed E-state index contributed by atoms with van der Waals surface area (Å²) >= 11 is 0. The van der Waals surface area contributed by atoms with Crippen LogP contribution in [0.3, 0.4) is 0 Å². The zero-order chi connectivity index (χ0) is 19.2. The normalized spacial score (nSPS) is 12.2. The standard InChI is InChI=1S/C20H23F3N2O.ClH/c1-2-3-18(24)19(26)25-13-12-14-4-6-15(7-5-14)16-8-10-17(11-9-16)20(21,22)23;/h4-11,18H,2-3,12-13,24H2,1H3,(H,25,26);1H/t18-;/m0./s1. The number of amides is 1. The lowest BCUT2D eigenvalue weighted by atomic mass is 10.0. The Balaban J connectivity index is 0.00000364. The first kappa shape index (κ1) is 23.0. The fraction of sp³-hybridized carbons (Fsp3) is 0.350. The third-order valence-corrected chi connectivity index (χ3v) is 4.15. The lowest BCUT2D eigenvalue weighted by molar-refractivity contribution is -0.137. The Morgan fingerprint density at radius 2 is 1.56 bits per heavy atom. The number of nitrogens with two attached hydrogens (primary N) is 1. The molecular formula is C20H24ClF3N2O. The van der Waals surface area contributed by atoms with Crippen molar-refractivity contribution in [2.75, 3.05) is 6.54 Å². The summed E-state index contributed by atoms with van der Waals surface area (Å²) in [5.41, 5.74) is 7.69. The third-order valence-electron chi connectivity index (χ3n) is 4.15. The van der Waals surface area contributed by atoms with Gasteiger partial charge in [0.15, 0.2) is 0 Å². The van der Waals surface area contributed by atoms with Crippen LogP contribution in [-0.4, -0.2) is 18.5 Å². The number of hydrogen-bond donors (Lipinski definition) is 2. The molecule has 148 valence electrons. The van der Waals surface area contributed by atoms with E-state index in [1.54, 1.807) is 0 Å². The van der Waals surface area contributed by atoms with E-state index in [2.05, 4.69) is 5.32 Å². The SMILES string of the molecule is CCC[C@H](N)C(=O)NCCc1ccc(-c2ccc(C(F)(F)F)cc2)cc1.Cl. The summed E-state index contributed by atoms with van der Waals surface area (Å²) in [5.74, 6) is -0.145. The quantitative estimate of drug-likeness (QED) is 0.714. The summed E-state index contributed by atoms with van der Waals surface area (Å²) in [6.45, 7) is 2.47. The minimum absolute atomic E-state index is 0. The smallest absolute Gasteiger partial charge is 0.354 e. The maximum absolute atomic E-state index is 12.6. The van der Waals surface area contributed by atoms with Gasteiger partial charge in [0.1, 0.15) is 0 Å². The molecule has 27 heavy (non-hydrogen) atoms. The van der Waals surface area contributed by atoms with E-state index in [-0.39, 0.29) is 18.3 Å². The van der Waals surface area contributed by atoms with E-state index in [1.807, 2.05) is 31.2 Å². The molecule has 2 rings (SSSR count). The molecule has 0 aromatic heterocycles. The molecule has 0 radical (unpaired) electrons. The van der Waals surface area contributed by atoms with Crippen LogP contribution in [0.15, 0.2) is 48.5 Å². The molecule has 0 unspecified atom stereocenters. The van der Waals surface area contributed by atoms with Crippen molar-refractivity contribution in [3.05, 3.63) is 59.7 Å². The largest absolute Gasteiger partial charge is 0.416 e. The molecule has 0 aliphatic carbocycles. The van der Waals surface area contributed by atoms with Crippen molar-refractivity contribution in [2.45, 2.75) is 38.4 Å². The monoisotopic (exact) mass is 400 g/mol. The average Bonchev–Trinajstić information content (AvgIpc) is 2.62. The minimum Gasteiger partial charge on any atom is -0.354 e. The van der Waals surface area contributed by atoms with Crippen LogP contribution in [0.4, 0.5) is 13.2 Å². The molecule has 7 heteroatoms. The molecular weight excluding hydrogens is 377 g/mol. The molecule has 0 fully saturated rings. The summed E-state index contributed by atoms with van der Waals surface area (Å²) in [4.78, 5) is 11.7. The molecule has 0 bridgehead atoms. The van der Waals surface area contributed by atoms with Gasteiger partial charge < -0.3 is 11.1 Å². The van der Waals surface area contributed by atoms with Crippen LogP contribution in [0.1, 0.15) is 30.9 Å². The zero-order valence-corrected chi connectivity index (χ0v) is 15.9. The van der Waals surface area contributed by atoms with E-state index >= 15 is 0 Å². The van der Waals surface area contributed by atoms with Crippen LogP contribution in [0, 0.1) is 0 Å². The summed E-state index contributed by atoms with van der Waals surface area (Å²) in [7, 11) is 0. The molecule has 0 heterocycles. The highest BCUT2D eigenvalue weighted by molar-refractivity contribution is 5.85. The van der Waals surface area contributed by atoms with E-state index in [0.29, 0.717) is 19.4 Å². The summed E-state index contributed by atoms with van der Waals surface area (Å²) in [6, 6.07) is 12.2. The van der Waals surface area contributed by atoms with Gasteiger partial charge in [0.05, 0.1) is 11.6 Å². The van der Waals surface area contributed by atoms with Gasteiger partial charge in [-0.3, -0.25) is 4.79 Å². The Morgan fingerprint density at radius 1 is 1.04 bits per heavy atom. The number of carbonyl (C=O) groups is 1. The van der Waals surface area contributed by atoms with E-state index in [1.165, 1.54) is 12.1 Å². The van der Waals surface area contributed by atoms with Crippen LogP contribution in [0.2, 0.25) is 0 Å². The molecule has 2 aromatic carbocycles. The molecule has 1 amide bonds. The lowest BCUT2D eigenvalue weighted by Gasteiger charge is -2.11. The predicted octanol–water partition coefficient (Wildman–Crippen LogP) is 4.58. The van der Waals surface area contributed by atoms with Crippen molar-refractivity contribution in [1.82, 2.24) is 5.32 Å². The molecule has 0 aliphatic heterocycles. The molecule has 0 spiro atoms. The molecule has 1 atom stereocenters. The van der Waals surface area contributed by atoms with Gasteiger partial charge in [-0.2, -0.15) is 13.2 Å². The summed E-state index contributed by atoms with van der Waals surface area (Å²) in [5, 5.41) is 2.81. The average molecular weight is 401 g/mol. The first-order valence-corrected chi connectivity index (χ1v) is 8.61. The Bertz CT molecular complexity index is 716. The van der Waals surface area contributed by atoms with Gasteiger partial charge >= 0.3 is 6.18 Å². The van der Waals surface area contributed by atoms with Gasteiger partial charge in [-0.05, 0) is 41.7 Å². The highest BCUT2D eigenvalue weighted by Gasteiger charge is 2.29. The van der Waals surface area contributed by atoms with Gasteiger partial charge in [0.2, 0.25) is 5.91 Å². The van der Waals surface area contributed by atoms with Gasteiger partial charge in [0, 0.05) is 6.54 Å². The van der Waals surface area contributed by atoms with Crippen LogP contribution < -0.4 is 11.1 Å². The van der Waals surface area contributed by atoms with Crippen molar-refractivity contribution in [3.63, 3.8) is 0 Å². The van der Waals surface area contributed by atoms with E-state index in [9.17, 15) is 18.0 Å². The van der Waals surface area contributed by atoms with E-state index in [0.717, 1.165) is 35.2 Å². The second kappa shape index (κ2) is 10.3. The number of rotatable bonds is 7. The third kappa shape index (κ3) is 6.88. The van der Waals surface area contributed by atoms with Crippen molar-refractivity contribution >= 4 is 18.3 Å². The summed E-state index contributed by atoms with van der Waals surface area (Å²) < 4.78 is 37.8. The van der Waals surface area contributed by atoms with Crippen molar-refractivity contribution in [1.29, 1.82) is 0 Å². The van der Waals surface area contributed by atoms with E-state index < -0.39 is 17.8 Å². The highest BCUT2D eigenvalue weighted by atomic mass is 35.5. The number of nitrogens with one attached hydrogen (secondary N) is 1. The maximum Gasteiger partial charge on any atom is 0.416 e. The van der Waals surface area contributed by atoms with Gasteiger partial charge in [0.25, 0.3) is 0 Å². The number of hydrogen-bond acceptors (Lipinski definition) is 2. The predicted molar refractivity (Wildman–Crippen MR) is 104 cm³/mol. The fourth-order valence-electron chi connectivity index (χ4n) is 2.62. The first-order valence-electron chi connectivity index (χ1n) is 8.61. The molecule has 0 aliphatic rings. The zero-order valence-electron chi connectivity index (χ0n) is 15.1. The summed E-state index contributed by atoms with van der Waals surface area (Å²) in [6.07, 6.45) is -2.14. The highest BCUT2D eigenvalue weighted by Crippen LogP contribution is 2.31. The molecule has 3 N–H and O–H groups in total. The van der Waals surface area contributed by atoms with Crippen LogP contribution >= 0.6 is 12.4 Å². The second-order valence-corrected chi connectivity index (χ2v) is 6.21. The topological polar surface area (TPSA) is 55.1 Å². The van der Waals surface area contributed by atoms with Crippen molar-refractivity contribution < 1.29 is 18.0 Å². The number of carbonyl (C=O) groups excluding carboxylic acids is 1. The van der Waals surface area contributed by atoms with Crippen molar-refractivity contribution in [2.24, 2.45) is 5.73 Å². The molecule has 0 saturated heterocycles. The first-order chi connectivity index (χ1) is 12.3. The van der Waals surface area contributed by atoms with E-state index in [4.69, 9.17) is 5.73 Å². The van der Waals surface area contributed by atoms with Gasteiger partial charge in [-0.1, -0.05) is 49.7 Å².